The molecular weight excluding hydrogens is 386 g/mol. The summed E-state index contributed by atoms with van der Waals surface area (Å²) < 4.78 is 33.2. The highest BCUT2D eigenvalue weighted by Gasteiger charge is 2.17. The molecule has 0 aliphatic carbocycles. The topological polar surface area (TPSA) is 55.1 Å². The Morgan fingerprint density at radius 3 is 2.53 bits per heavy atom. The Balaban J connectivity index is 1.37. The number of aromatic nitrogens is 1. The van der Waals surface area contributed by atoms with E-state index in [4.69, 9.17) is 4.42 Å². The molecule has 3 aromatic carbocycles. The average Bonchev–Trinajstić information content (AvgIpc) is 3.20. The van der Waals surface area contributed by atoms with Crippen LogP contribution in [0.5, 0.6) is 0 Å². The molecule has 4 rings (SSSR count). The lowest BCUT2D eigenvalue weighted by Gasteiger charge is -2.15. The molecular formula is C24H20F2N2O2. The number of amides is 1. The van der Waals surface area contributed by atoms with Gasteiger partial charge in [0, 0.05) is 12.8 Å². The van der Waals surface area contributed by atoms with Crippen molar-refractivity contribution in [3.05, 3.63) is 89.9 Å². The molecule has 1 heterocycles. The van der Waals surface area contributed by atoms with E-state index in [1.807, 2.05) is 43.3 Å². The van der Waals surface area contributed by atoms with Crippen LogP contribution in [0.3, 0.4) is 0 Å². The number of carbonyl (C=O) groups excluding carboxylic acids is 1. The van der Waals surface area contributed by atoms with Crippen LogP contribution < -0.4 is 5.32 Å². The first-order valence-corrected chi connectivity index (χ1v) is 9.68. The Morgan fingerprint density at radius 1 is 1.03 bits per heavy atom. The van der Waals surface area contributed by atoms with Crippen molar-refractivity contribution in [2.45, 2.75) is 25.8 Å². The molecule has 0 saturated heterocycles. The van der Waals surface area contributed by atoms with Crippen LogP contribution in [0, 0.1) is 11.6 Å². The normalized spacial score (nSPS) is 12.1. The second kappa shape index (κ2) is 8.45. The summed E-state index contributed by atoms with van der Waals surface area (Å²) in [6.07, 6.45) is 1.65. The van der Waals surface area contributed by atoms with Crippen LogP contribution in [0.15, 0.2) is 71.3 Å². The minimum atomic E-state index is -0.723. The quantitative estimate of drug-likeness (QED) is 0.455. The average molecular weight is 406 g/mol. The molecule has 0 aliphatic heterocycles. The van der Waals surface area contributed by atoms with E-state index in [0.717, 1.165) is 28.5 Å². The molecule has 152 valence electrons. The Bertz CT molecular complexity index is 1180. The molecule has 30 heavy (non-hydrogen) atoms. The van der Waals surface area contributed by atoms with Crippen molar-refractivity contribution in [3.8, 4) is 11.3 Å². The summed E-state index contributed by atoms with van der Waals surface area (Å²) >= 11 is 0. The Morgan fingerprint density at radius 2 is 1.77 bits per heavy atom. The molecule has 4 aromatic rings. The van der Waals surface area contributed by atoms with Gasteiger partial charge in [-0.15, -0.1) is 0 Å². The monoisotopic (exact) mass is 406 g/mol. The van der Waals surface area contributed by atoms with Gasteiger partial charge < -0.3 is 9.73 Å². The summed E-state index contributed by atoms with van der Waals surface area (Å²) in [7, 11) is 0. The molecule has 0 bridgehead atoms. The Kier molecular flexibility index (Phi) is 5.57. The number of aryl methyl sites for hydroxylation is 1. The van der Waals surface area contributed by atoms with E-state index in [1.165, 1.54) is 12.3 Å². The lowest BCUT2D eigenvalue weighted by Crippen LogP contribution is -2.26. The van der Waals surface area contributed by atoms with Crippen molar-refractivity contribution in [1.29, 1.82) is 0 Å². The summed E-state index contributed by atoms with van der Waals surface area (Å²) in [6.45, 7) is 1.92. The van der Waals surface area contributed by atoms with Crippen molar-refractivity contribution < 1.29 is 18.0 Å². The van der Waals surface area contributed by atoms with Gasteiger partial charge in [-0.2, -0.15) is 0 Å². The fourth-order valence-electron chi connectivity index (χ4n) is 3.37. The number of halogens is 2. The zero-order valence-electron chi connectivity index (χ0n) is 16.4. The number of fused-ring (bicyclic) bond motifs is 1. The Labute approximate surface area is 172 Å². The van der Waals surface area contributed by atoms with E-state index in [0.29, 0.717) is 0 Å². The number of benzene rings is 3. The van der Waals surface area contributed by atoms with Crippen molar-refractivity contribution in [2.24, 2.45) is 0 Å². The second-order valence-electron chi connectivity index (χ2n) is 7.11. The van der Waals surface area contributed by atoms with Gasteiger partial charge in [0.15, 0.2) is 11.7 Å². The second-order valence-corrected chi connectivity index (χ2v) is 7.11. The molecule has 4 nitrogen and oxygen atoms in total. The van der Waals surface area contributed by atoms with Gasteiger partial charge in [0.2, 0.25) is 5.91 Å². The van der Waals surface area contributed by atoms with Crippen LogP contribution in [-0.4, -0.2) is 10.9 Å². The third-order valence-corrected chi connectivity index (χ3v) is 4.98. The van der Waals surface area contributed by atoms with Crippen molar-refractivity contribution in [2.75, 3.05) is 0 Å². The highest BCUT2D eigenvalue weighted by atomic mass is 19.1. The maximum atomic E-state index is 13.9. The van der Waals surface area contributed by atoms with E-state index in [1.54, 1.807) is 0 Å². The number of nitrogens with zero attached hydrogens (tertiary/aromatic N) is 1. The number of rotatable bonds is 6. The summed E-state index contributed by atoms with van der Waals surface area (Å²) in [5.41, 5.74) is 0.751. The molecule has 0 aliphatic rings. The van der Waals surface area contributed by atoms with E-state index in [2.05, 4.69) is 16.4 Å². The molecule has 6 heteroatoms. The number of hydrogen-bond acceptors (Lipinski definition) is 3. The summed E-state index contributed by atoms with van der Waals surface area (Å²) in [4.78, 5) is 16.4. The Hall–Kier alpha value is -3.54. The SMILES string of the molecule is CC(NC(=O)CCc1ncc(-c2c(F)cccc2F)o1)c1ccc2ccccc2c1. The minimum absolute atomic E-state index is 0.00513. The molecule has 1 atom stereocenters. The molecule has 0 spiro atoms. The van der Waals surface area contributed by atoms with Gasteiger partial charge in [-0.3, -0.25) is 4.79 Å². The summed E-state index contributed by atoms with van der Waals surface area (Å²) in [6, 6.07) is 17.6. The van der Waals surface area contributed by atoms with Crippen LogP contribution in [0.4, 0.5) is 8.78 Å². The van der Waals surface area contributed by atoms with Crippen LogP contribution in [0.1, 0.15) is 30.8 Å². The third-order valence-electron chi connectivity index (χ3n) is 4.98. The maximum absolute atomic E-state index is 13.9. The first-order valence-electron chi connectivity index (χ1n) is 9.68. The van der Waals surface area contributed by atoms with E-state index < -0.39 is 11.6 Å². The molecule has 1 unspecified atom stereocenters. The zero-order chi connectivity index (χ0) is 21.1. The van der Waals surface area contributed by atoms with Crippen LogP contribution >= 0.6 is 0 Å². The third kappa shape index (κ3) is 4.22. The van der Waals surface area contributed by atoms with Crippen molar-refractivity contribution in [1.82, 2.24) is 10.3 Å². The van der Waals surface area contributed by atoms with Crippen LogP contribution in [0.2, 0.25) is 0 Å². The van der Waals surface area contributed by atoms with Gasteiger partial charge in [-0.25, -0.2) is 13.8 Å². The maximum Gasteiger partial charge on any atom is 0.220 e. The molecule has 1 N–H and O–H groups in total. The van der Waals surface area contributed by atoms with Crippen molar-refractivity contribution >= 4 is 16.7 Å². The van der Waals surface area contributed by atoms with Gasteiger partial charge in [0.25, 0.3) is 0 Å². The van der Waals surface area contributed by atoms with Gasteiger partial charge in [0.1, 0.15) is 11.6 Å². The van der Waals surface area contributed by atoms with Crippen molar-refractivity contribution in [3.63, 3.8) is 0 Å². The molecule has 1 aromatic heterocycles. The molecule has 0 fully saturated rings. The first kappa shape index (κ1) is 19.8. The fourth-order valence-corrected chi connectivity index (χ4v) is 3.37. The van der Waals surface area contributed by atoms with Gasteiger partial charge in [-0.05, 0) is 41.5 Å². The fraction of sp³-hybridized carbons (Fsp3) is 0.167. The van der Waals surface area contributed by atoms with Gasteiger partial charge in [-0.1, -0.05) is 42.5 Å². The minimum Gasteiger partial charge on any atom is -0.441 e. The highest BCUT2D eigenvalue weighted by molar-refractivity contribution is 5.83. The summed E-state index contributed by atoms with van der Waals surface area (Å²) in [5, 5.41) is 5.22. The predicted octanol–water partition coefficient (Wildman–Crippen LogP) is 5.58. The zero-order valence-corrected chi connectivity index (χ0v) is 16.4. The highest BCUT2D eigenvalue weighted by Crippen LogP contribution is 2.27. The largest absolute Gasteiger partial charge is 0.441 e. The smallest absolute Gasteiger partial charge is 0.220 e. The number of nitrogens with one attached hydrogen (secondary N) is 1. The molecule has 0 saturated carbocycles. The molecule has 1 amide bonds. The first-order chi connectivity index (χ1) is 14.5. The number of oxazole rings is 1. The lowest BCUT2D eigenvalue weighted by molar-refractivity contribution is -0.121. The van der Waals surface area contributed by atoms with Gasteiger partial charge >= 0.3 is 0 Å². The van der Waals surface area contributed by atoms with Gasteiger partial charge in [0.05, 0.1) is 17.8 Å². The summed E-state index contributed by atoms with van der Waals surface area (Å²) in [5.74, 6) is -1.35. The van der Waals surface area contributed by atoms with E-state index in [-0.39, 0.29) is 42.0 Å². The van der Waals surface area contributed by atoms with Crippen LogP contribution in [0.25, 0.3) is 22.1 Å². The standard InChI is InChI=1S/C24H20F2N2O2/c1-15(17-10-9-16-5-2-3-6-18(16)13-17)28-22(29)11-12-23-27-14-21(30-23)24-19(25)7-4-8-20(24)26/h2-10,13-15H,11-12H2,1H3,(H,28,29). The number of hydrogen-bond donors (Lipinski definition) is 1. The molecule has 0 radical (unpaired) electrons. The number of carbonyl (C=O) groups is 1. The predicted molar refractivity (Wildman–Crippen MR) is 111 cm³/mol. The van der Waals surface area contributed by atoms with E-state index in [9.17, 15) is 13.6 Å². The van der Waals surface area contributed by atoms with E-state index >= 15 is 0 Å². The lowest BCUT2D eigenvalue weighted by atomic mass is 10.0. The van der Waals surface area contributed by atoms with Crippen LogP contribution in [-0.2, 0) is 11.2 Å².